The van der Waals surface area contributed by atoms with Crippen LogP contribution in [-0.4, -0.2) is 58.6 Å². The molecule has 1 saturated heterocycles. The Kier molecular flexibility index (Phi) is 5.19. The van der Waals surface area contributed by atoms with Gasteiger partial charge in [0.2, 0.25) is 5.91 Å². The van der Waals surface area contributed by atoms with Crippen molar-refractivity contribution < 1.29 is 19.2 Å². The number of piperidine rings is 1. The second-order valence-corrected chi connectivity index (χ2v) is 8.20. The molecule has 1 aromatic carbocycles. The Labute approximate surface area is 172 Å². The number of carbonyl (C=O) groups is 4. The Hall–Kier alpha value is -3.00. The number of carbonyl (C=O) groups excluding carboxylic acids is 4. The van der Waals surface area contributed by atoms with Crippen molar-refractivity contribution in [2.75, 3.05) is 13.1 Å². The summed E-state index contributed by atoms with van der Waals surface area (Å²) in [5.41, 5.74) is 0.680. The predicted octanol–water partition coefficient (Wildman–Crippen LogP) is 2.15. The second-order valence-electron chi connectivity index (χ2n) is 7.25. The fourth-order valence-corrected chi connectivity index (χ4v) is 4.47. The van der Waals surface area contributed by atoms with E-state index in [0.29, 0.717) is 41.9 Å². The van der Waals surface area contributed by atoms with Gasteiger partial charge in [-0.25, -0.2) is 0 Å². The highest BCUT2D eigenvalue weighted by atomic mass is 32.1. The molecule has 1 fully saturated rings. The summed E-state index contributed by atoms with van der Waals surface area (Å²) in [4.78, 5) is 53.7. The first kappa shape index (κ1) is 19.3. The molecule has 4 amide bonds. The minimum Gasteiger partial charge on any atom is -0.348 e. The maximum atomic E-state index is 12.9. The summed E-state index contributed by atoms with van der Waals surface area (Å²) in [5.74, 6) is -1.19. The lowest BCUT2D eigenvalue weighted by Gasteiger charge is -2.35. The van der Waals surface area contributed by atoms with Gasteiger partial charge in [0.05, 0.1) is 16.0 Å². The maximum absolute atomic E-state index is 12.9. The minimum absolute atomic E-state index is 0.00302. The van der Waals surface area contributed by atoms with Crippen LogP contribution in [0.25, 0.3) is 0 Å². The van der Waals surface area contributed by atoms with Gasteiger partial charge in [-0.05, 0) is 43.3 Å². The van der Waals surface area contributed by atoms with Gasteiger partial charge >= 0.3 is 0 Å². The molecule has 3 heterocycles. The smallest absolute Gasteiger partial charge is 0.262 e. The summed E-state index contributed by atoms with van der Waals surface area (Å²) in [5, 5.41) is 4.86. The predicted molar refractivity (Wildman–Crippen MR) is 108 cm³/mol. The van der Waals surface area contributed by atoms with Gasteiger partial charge in [0, 0.05) is 19.1 Å². The molecule has 2 aliphatic heterocycles. The van der Waals surface area contributed by atoms with Gasteiger partial charge in [-0.15, -0.1) is 11.3 Å². The molecule has 1 atom stereocenters. The third-order valence-corrected chi connectivity index (χ3v) is 6.33. The van der Waals surface area contributed by atoms with Crippen LogP contribution in [0.3, 0.4) is 0 Å². The molecule has 29 heavy (non-hydrogen) atoms. The first-order chi connectivity index (χ1) is 14.0. The van der Waals surface area contributed by atoms with E-state index >= 15 is 0 Å². The summed E-state index contributed by atoms with van der Waals surface area (Å²) in [6.07, 6.45) is 1.27. The standard InChI is InChI=1S/C21H21N3O4S/c1-13(24-20(27)15-5-2-3-6-16(15)21(24)28)19(26)23-10-8-14(9-11-23)22-18(25)17-7-4-12-29-17/h2-7,12-14H,8-11H2,1H3,(H,22,25). The summed E-state index contributed by atoms with van der Waals surface area (Å²) in [7, 11) is 0. The number of thiophene rings is 1. The van der Waals surface area contributed by atoms with Crippen LogP contribution in [-0.2, 0) is 4.79 Å². The molecular formula is C21H21N3O4S. The Bertz CT molecular complexity index is 929. The molecule has 1 aromatic heterocycles. The number of fused-ring (bicyclic) bond motifs is 1. The first-order valence-corrected chi connectivity index (χ1v) is 10.5. The SMILES string of the molecule is CC(C(=O)N1CCC(NC(=O)c2cccs2)CC1)N1C(=O)c2ccccc2C1=O. The molecule has 0 radical (unpaired) electrons. The van der Waals surface area contributed by atoms with Gasteiger partial charge in [0.1, 0.15) is 6.04 Å². The number of nitrogens with zero attached hydrogens (tertiary/aromatic N) is 2. The van der Waals surface area contributed by atoms with Gasteiger partial charge in [0.25, 0.3) is 17.7 Å². The number of nitrogens with one attached hydrogen (secondary N) is 1. The van der Waals surface area contributed by atoms with Crippen LogP contribution in [0, 0.1) is 0 Å². The van der Waals surface area contributed by atoms with Crippen LogP contribution in [0.15, 0.2) is 41.8 Å². The topological polar surface area (TPSA) is 86.8 Å². The lowest BCUT2D eigenvalue weighted by atomic mass is 10.0. The van der Waals surface area contributed by atoms with Crippen molar-refractivity contribution in [3.8, 4) is 0 Å². The van der Waals surface area contributed by atoms with Crippen LogP contribution < -0.4 is 5.32 Å². The van der Waals surface area contributed by atoms with Crippen molar-refractivity contribution in [3.05, 3.63) is 57.8 Å². The van der Waals surface area contributed by atoms with Crippen molar-refractivity contribution >= 4 is 35.0 Å². The molecule has 150 valence electrons. The molecule has 1 unspecified atom stereocenters. The number of likely N-dealkylation sites (tertiary alicyclic amines) is 1. The Balaban J connectivity index is 1.36. The fourth-order valence-electron chi connectivity index (χ4n) is 3.84. The second kappa shape index (κ2) is 7.79. The molecule has 4 rings (SSSR count). The van der Waals surface area contributed by atoms with Crippen molar-refractivity contribution in [2.45, 2.75) is 31.8 Å². The van der Waals surface area contributed by atoms with Crippen LogP contribution in [0.2, 0.25) is 0 Å². The lowest BCUT2D eigenvalue weighted by Crippen LogP contribution is -2.53. The zero-order chi connectivity index (χ0) is 20.5. The van der Waals surface area contributed by atoms with E-state index in [9.17, 15) is 19.2 Å². The molecular weight excluding hydrogens is 390 g/mol. The average Bonchev–Trinajstić information content (AvgIpc) is 3.36. The van der Waals surface area contributed by atoms with Gasteiger partial charge in [-0.2, -0.15) is 0 Å². The highest BCUT2D eigenvalue weighted by Gasteiger charge is 2.42. The van der Waals surface area contributed by atoms with E-state index in [0.717, 1.165) is 4.90 Å². The van der Waals surface area contributed by atoms with Crippen molar-refractivity contribution in [2.24, 2.45) is 0 Å². The molecule has 8 heteroatoms. The van der Waals surface area contributed by atoms with Crippen molar-refractivity contribution in [3.63, 3.8) is 0 Å². The third-order valence-electron chi connectivity index (χ3n) is 5.46. The fraction of sp³-hybridized carbons (Fsp3) is 0.333. The number of hydrogen-bond donors (Lipinski definition) is 1. The highest BCUT2D eigenvalue weighted by molar-refractivity contribution is 7.12. The quantitative estimate of drug-likeness (QED) is 0.781. The molecule has 0 aliphatic carbocycles. The van der Waals surface area contributed by atoms with Gasteiger partial charge in [-0.3, -0.25) is 24.1 Å². The van der Waals surface area contributed by atoms with Crippen molar-refractivity contribution in [1.82, 2.24) is 15.1 Å². The number of amides is 4. The van der Waals surface area contributed by atoms with Crippen LogP contribution in [0.5, 0.6) is 0 Å². The largest absolute Gasteiger partial charge is 0.348 e. The minimum atomic E-state index is -0.861. The van der Waals surface area contributed by atoms with E-state index in [2.05, 4.69) is 5.32 Å². The van der Waals surface area contributed by atoms with E-state index in [1.54, 1.807) is 42.2 Å². The number of imide groups is 1. The van der Waals surface area contributed by atoms with Crippen LogP contribution in [0.1, 0.15) is 50.2 Å². The van der Waals surface area contributed by atoms with Gasteiger partial charge < -0.3 is 10.2 Å². The average molecular weight is 411 g/mol. The van der Waals surface area contributed by atoms with E-state index in [-0.39, 0.29) is 17.9 Å². The summed E-state index contributed by atoms with van der Waals surface area (Å²) in [6, 6.07) is 9.38. The van der Waals surface area contributed by atoms with Crippen LogP contribution in [0.4, 0.5) is 0 Å². The van der Waals surface area contributed by atoms with E-state index in [1.165, 1.54) is 11.3 Å². The Morgan fingerprint density at radius 1 is 1.03 bits per heavy atom. The van der Waals surface area contributed by atoms with Gasteiger partial charge in [0.15, 0.2) is 0 Å². The number of benzene rings is 1. The monoisotopic (exact) mass is 411 g/mol. The maximum Gasteiger partial charge on any atom is 0.262 e. The first-order valence-electron chi connectivity index (χ1n) is 9.57. The van der Waals surface area contributed by atoms with E-state index in [4.69, 9.17) is 0 Å². The molecule has 0 bridgehead atoms. The van der Waals surface area contributed by atoms with E-state index in [1.807, 2.05) is 11.4 Å². The van der Waals surface area contributed by atoms with Crippen LogP contribution >= 0.6 is 11.3 Å². The normalized spacial score (nSPS) is 18.0. The zero-order valence-corrected chi connectivity index (χ0v) is 16.8. The molecule has 0 spiro atoms. The summed E-state index contributed by atoms with van der Waals surface area (Å²) < 4.78 is 0. The molecule has 2 aromatic rings. The van der Waals surface area contributed by atoms with Crippen molar-refractivity contribution in [1.29, 1.82) is 0 Å². The van der Waals surface area contributed by atoms with E-state index < -0.39 is 17.9 Å². The summed E-state index contributed by atoms with van der Waals surface area (Å²) in [6.45, 7) is 2.54. The Morgan fingerprint density at radius 3 is 2.21 bits per heavy atom. The number of hydrogen-bond acceptors (Lipinski definition) is 5. The zero-order valence-electron chi connectivity index (χ0n) is 16.0. The molecule has 2 aliphatic rings. The molecule has 1 N–H and O–H groups in total. The molecule has 0 saturated carbocycles. The highest BCUT2D eigenvalue weighted by Crippen LogP contribution is 2.25. The lowest BCUT2D eigenvalue weighted by molar-refractivity contribution is -0.136. The third kappa shape index (κ3) is 3.55. The van der Waals surface area contributed by atoms with Gasteiger partial charge in [-0.1, -0.05) is 18.2 Å². The summed E-state index contributed by atoms with van der Waals surface area (Å²) >= 11 is 1.39. The molecule has 7 nitrogen and oxygen atoms in total. The number of rotatable bonds is 4. The Morgan fingerprint density at radius 2 is 1.66 bits per heavy atom.